The highest BCUT2D eigenvalue weighted by molar-refractivity contribution is 8.70. The van der Waals surface area contributed by atoms with E-state index < -0.39 is 32.8 Å². The van der Waals surface area contributed by atoms with Crippen molar-refractivity contribution in [2.75, 3.05) is 13.2 Å². The molecule has 0 aliphatic carbocycles. The lowest BCUT2D eigenvalue weighted by Crippen LogP contribution is -2.26. The Kier molecular flexibility index (Phi) is 7.16. The van der Waals surface area contributed by atoms with E-state index in [0.717, 1.165) is 0 Å². The Labute approximate surface area is 103 Å². The number of carbonyl (C=O) groups excluding carboxylic acids is 2. The summed E-state index contributed by atoms with van der Waals surface area (Å²) in [6, 6.07) is 0. The first-order valence-electron chi connectivity index (χ1n) is 4.78. The third-order valence-electron chi connectivity index (χ3n) is 1.44. The largest absolute Gasteiger partial charge is 0.466 e. The van der Waals surface area contributed by atoms with Crippen molar-refractivity contribution in [3.8, 4) is 0 Å². The van der Waals surface area contributed by atoms with E-state index in [1.54, 1.807) is 6.92 Å². The summed E-state index contributed by atoms with van der Waals surface area (Å²) in [4.78, 5) is 22.5. The van der Waals surface area contributed by atoms with E-state index in [-0.39, 0.29) is 24.0 Å². The maximum atomic E-state index is 11.3. The summed E-state index contributed by atoms with van der Waals surface area (Å²) in [6.07, 6.45) is -0.475. The zero-order chi connectivity index (χ0) is 13.5. The molecule has 0 aromatic rings. The third kappa shape index (κ3) is 8.00. The molecule has 1 unspecified atom stereocenters. The van der Waals surface area contributed by atoms with Crippen molar-refractivity contribution < 1.29 is 32.0 Å². The second-order valence-corrected chi connectivity index (χ2v) is 6.23. The number of rotatable bonds is 7. The van der Waals surface area contributed by atoms with Crippen molar-refractivity contribution in [1.29, 1.82) is 0 Å². The molecule has 0 rings (SSSR count). The van der Waals surface area contributed by atoms with Gasteiger partial charge in [0.15, 0.2) is 0 Å². The van der Waals surface area contributed by atoms with Gasteiger partial charge in [0.2, 0.25) is 0 Å². The van der Waals surface area contributed by atoms with E-state index in [2.05, 4.69) is 9.47 Å². The maximum Gasteiger partial charge on any atom is 0.320 e. The van der Waals surface area contributed by atoms with Gasteiger partial charge in [0, 0.05) is 10.8 Å². The van der Waals surface area contributed by atoms with Gasteiger partial charge < -0.3 is 9.47 Å². The van der Waals surface area contributed by atoms with Crippen LogP contribution in [0.5, 0.6) is 0 Å². The quantitative estimate of drug-likeness (QED) is 0.407. The van der Waals surface area contributed by atoms with Gasteiger partial charge in [-0.3, -0.25) is 14.1 Å². The fourth-order valence-electron chi connectivity index (χ4n) is 0.910. The fraction of sp³-hybridized carbons (Fsp3) is 0.750. The standard InChI is InChI=1S/C8H14O7S2/c1-3-14-7(9)5-6(8(10)15-4-2)16-17(11,12)13/h6H,3-5H2,1-2H3,(H,11,12,13). The van der Waals surface area contributed by atoms with Crippen LogP contribution in [0.3, 0.4) is 0 Å². The summed E-state index contributed by atoms with van der Waals surface area (Å²) in [5.41, 5.74) is 0. The van der Waals surface area contributed by atoms with Gasteiger partial charge in [0.05, 0.1) is 19.6 Å². The fourth-order valence-corrected chi connectivity index (χ4v) is 2.87. The molecular formula is C8H14O7S2. The minimum atomic E-state index is -4.44. The Hall–Kier alpha value is -0.800. The molecule has 0 radical (unpaired) electrons. The first kappa shape index (κ1) is 16.2. The zero-order valence-electron chi connectivity index (χ0n) is 9.41. The Morgan fingerprint density at radius 2 is 1.76 bits per heavy atom. The lowest BCUT2D eigenvalue weighted by molar-refractivity contribution is -0.149. The Bertz CT molecular complexity index is 362. The molecule has 0 aliphatic rings. The van der Waals surface area contributed by atoms with Crippen LogP contribution in [0, 0.1) is 0 Å². The molecular weight excluding hydrogens is 272 g/mol. The van der Waals surface area contributed by atoms with Crippen LogP contribution >= 0.6 is 10.8 Å². The van der Waals surface area contributed by atoms with E-state index >= 15 is 0 Å². The van der Waals surface area contributed by atoms with E-state index in [1.165, 1.54) is 6.92 Å². The molecule has 1 atom stereocenters. The molecule has 17 heavy (non-hydrogen) atoms. The third-order valence-corrected chi connectivity index (χ3v) is 3.71. The summed E-state index contributed by atoms with van der Waals surface area (Å²) in [6.45, 7) is 3.28. The summed E-state index contributed by atoms with van der Waals surface area (Å²) < 4.78 is 39.1. The van der Waals surface area contributed by atoms with Crippen molar-refractivity contribution in [3.63, 3.8) is 0 Å². The van der Waals surface area contributed by atoms with Crippen LogP contribution in [0.2, 0.25) is 0 Å². The highest BCUT2D eigenvalue weighted by Gasteiger charge is 2.29. The van der Waals surface area contributed by atoms with Gasteiger partial charge in [0.25, 0.3) is 0 Å². The summed E-state index contributed by atoms with van der Waals surface area (Å²) in [5, 5.41) is -1.33. The molecule has 0 aromatic carbocycles. The van der Waals surface area contributed by atoms with Crippen LogP contribution in [0.15, 0.2) is 0 Å². The molecule has 0 amide bonds. The van der Waals surface area contributed by atoms with Crippen molar-refractivity contribution in [1.82, 2.24) is 0 Å². The smallest absolute Gasteiger partial charge is 0.320 e. The first-order valence-corrected chi connectivity index (χ1v) is 7.61. The number of esters is 2. The van der Waals surface area contributed by atoms with Crippen LogP contribution in [0.4, 0.5) is 0 Å². The summed E-state index contributed by atoms with van der Waals surface area (Å²) in [5.74, 6) is -1.62. The van der Waals surface area contributed by atoms with E-state index in [1.807, 2.05) is 0 Å². The zero-order valence-corrected chi connectivity index (χ0v) is 11.0. The van der Waals surface area contributed by atoms with Gasteiger partial charge in [-0.05, 0) is 13.8 Å². The predicted molar refractivity (Wildman–Crippen MR) is 60.8 cm³/mol. The molecule has 0 aromatic heterocycles. The monoisotopic (exact) mass is 286 g/mol. The van der Waals surface area contributed by atoms with E-state index in [9.17, 15) is 18.0 Å². The predicted octanol–water partition coefficient (Wildman–Crippen LogP) is 0.407. The van der Waals surface area contributed by atoms with Gasteiger partial charge in [-0.2, -0.15) is 8.42 Å². The summed E-state index contributed by atoms with van der Waals surface area (Å²) in [7, 11) is -4.48. The van der Waals surface area contributed by atoms with Gasteiger partial charge in [0.1, 0.15) is 5.25 Å². The van der Waals surface area contributed by atoms with Crippen LogP contribution in [0.1, 0.15) is 20.3 Å². The average molecular weight is 286 g/mol. The second-order valence-electron chi connectivity index (χ2n) is 2.77. The van der Waals surface area contributed by atoms with Gasteiger partial charge in [-0.1, -0.05) is 0 Å². The minimum Gasteiger partial charge on any atom is -0.466 e. The molecule has 1 N–H and O–H groups in total. The molecule has 0 saturated carbocycles. The number of carbonyl (C=O) groups is 2. The lowest BCUT2D eigenvalue weighted by atomic mass is 10.3. The second kappa shape index (κ2) is 7.51. The molecule has 0 bridgehead atoms. The van der Waals surface area contributed by atoms with Crippen LogP contribution in [0.25, 0.3) is 0 Å². The number of hydrogen-bond donors (Lipinski definition) is 1. The van der Waals surface area contributed by atoms with Crippen molar-refractivity contribution in [2.24, 2.45) is 0 Å². The molecule has 100 valence electrons. The number of hydrogen-bond acceptors (Lipinski definition) is 7. The lowest BCUT2D eigenvalue weighted by Gasteiger charge is -2.12. The molecule has 9 heteroatoms. The van der Waals surface area contributed by atoms with Gasteiger partial charge >= 0.3 is 21.1 Å². The van der Waals surface area contributed by atoms with E-state index in [0.29, 0.717) is 0 Å². The molecule has 0 aliphatic heterocycles. The summed E-state index contributed by atoms with van der Waals surface area (Å²) >= 11 is 0. The minimum absolute atomic E-state index is 0.0435. The van der Waals surface area contributed by atoms with Crippen molar-refractivity contribution >= 4 is 31.9 Å². The highest BCUT2D eigenvalue weighted by Crippen LogP contribution is 2.22. The van der Waals surface area contributed by atoms with Gasteiger partial charge in [-0.25, -0.2) is 0 Å². The molecule has 0 saturated heterocycles. The molecule has 0 spiro atoms. The Morgan fingerprint density at radius 3 is 2.18 bits per heavy atom. The van der Waals surface area contributed by atoms with Crippen LogP contribution in [-0.2, 0) is 28.2 Å². The van der Waals surface area contributed by atoms with Crippen LogP contribution in [-0.4, -0.2) is 43.4 Å². The molecule has 0 heterocycles. The SMILES string of the molecule is CCOC(=O)CC(SS(=O)(=O)O)C(=O)OCC. The average Bonchev–Trinajstić information content (AvgIpc) is 2.15. The van der Waals surface area contributed by atoms with E-state index in [4.69, 9.17) is 4.55 Å². The Balaban J connectivity index is 4.62. The van der Waals surface area contributed by atoms with Crippen molar-refractivity contribution in [2.45, 2.75) is 25.5 Å². The molecule has 7 nitrogen and oxygen atoms in total. The van der Waals surface area contributed by atoms with Crippen LogP contribution < -0.4 is 0 Å². The van der Waals surface area contributed by atoms with Crippen molar-refractivity contribution in [3.05, 3.63) is 0 Å². The number of ether oxygens (including phenoxy) is 2. The maximum absolute atomic E-state index is 11.3. The highest BCUT2D eigenvalue weighted by atomic mass is 33.1. The topological polar surface area (TPSA) is 107 Å². The molecule has 0 fully saturated rings. The normalized spacial score (nSPS) is 12.9. The van der Waals surface area contributed by atoms with Gasteiger partial charge in [-0.15, -0.1) is 0 Å². The Morgan fingerprint density at radius 1 is 1.24 bits per heavy atom. The first-order chi connectivity index (χ1) is 7.80.